The predicted octanol–water partition coefficient (Wildman–Crippen LogP) is 2.61. The van der Waals surface area contributed by atoms with Gasteiger partial charge >= 0.3 is 0 Å². The topological polar surface area (TPSA) is 17.1 Å². The number of rotatable bonds is 2. The molecule has 2 rings (SSSR count). The first-order chi connectivity index (χ1) is 5.24. The summed E-state index contributed by atoms with van der Waals surface area (Å²) in [6, 6.07) is 4.00. The van der Waals surface area contributed by atoms with Crippen LogP contribution in [0.25, 0.3) is 0 Å². The van der Waals surface area contributed by atoms with Gasteiger partial charge in [-0.3, -0.25) is 4.79 Å². The van der Waals surface area contributed by atoms with Gasteiger partial charge < -0.3 is 0 Å². The van der Waals surface area contributed by atoms with E-state index in [1.807, 2.05) is 6.07 Å². The van der Waals surface area contributed by atoms with Gasteiger partial charge in [0.2, 0.25) is 0 Å². The third-order valence-corrected chi connectivity index (χ3v) is 3.65. The largest absolute Gasteiger partial charge is 0.297 e. The molecule has 1 saturated carbocycles. The summed E-state index contributed by atoms with van der Waals surface area (Å²) < 4.78 is 0. The first-order valence-corrected chi connectivity index (χ1v) is 4.62. The molecule has 1 aliphatic carbocycles. The highest BCUT2D eigenvalue weighted by atomic mass is 32.1. The molecule has 1 nitrogen and oxygen atoms in total. The molecule has 0 spiro atoms. The van der Waals surface area contributed by atoms with E-state index in [4.69, 9.17) is 0 Å². The number of hydrogen-bond acceptors (Lipinski definition) is 2. The fourth-order valence-corrected chi connectivity index (χ4v) is 2.20. The van der Waals surface area contributed by atoms with Crippen LogP contribution < -0.4 is 0 Å². The van der Waals surface area contributed by atoms with Crippen molar-refractivity contribution in [3.8, 4) is 0 Å². The lowest BCUT2D eigenvalue weighted by molar-refractivity contribution is 0.112. The maximum Gasteiger partial charge on any atom is 0.160 e. The molecule has 0 unspecified atom stereocenters. The van der Waals surface area contributed by atoms with Gasteiger partial charge in [0.05, 0.1) is 4.88 Å². The molecule has 58 valence electrons. The van der Waals surface area contributed by atoms with Crippen LogP contribution in [-0.2, 0) is 5.41 Å². The van der Waals surface area contributed by atoms with Gasteiger partial charge in [0.1, 0.15) is 0 Å². The molecule has 0 aliphatic heterocycles. The van der Waals surface area contributed by atoms with E-state index in [0.717, 1.165) is 11.2 Å². The van der Waals surface area contributed by atoms with Gasteiger partial charge in [0, 0.05) is 10.3 Å². The van der Waals surface area contributed by atoms with Gasteiger partial charge in [-0.25, -0.2) is 0 Å². The van der Waals surface area contributed by atoms with Crippen molar-refractivity contribution < 1.29 is 4.79 Å². The molecule has 2 heteroatoms. The molecule has 11 heavy (non-hydrogen) atoms. The Hall–Kier alpha value is -0.630. The molecule has 0 atom stereocenters. The van der Waals surface area contributed by atoms with E-state index in [9.17, 15) is 4.79 Å². The first kappa shape index (κ1) is 7.04. The van der Waals surface area contributed by atoms with Crippen molar-refractivity contribution in [2.24, 2.45) is 0 Å². The number of carbonyl (C=O) groups excluding carboxylic acids is 1. The molecule has 0 N–H and O–H groups in total. The van der Waals surface area contributed by atoms with Gasteiger partial charge in [-0.1, -0.05) is 6.92 Å². The van der Waals surface area contributed by atoms with E-state index in [2.05, 4.69) is 13.0 Å². The Morgan fingerprint density at radius 2 is 2.27 bits per heavy atom. The molecule has 1 aromatic heterocycles. The van der Waals surface area contributed by atoms with E-state index >= 15 is 0 Å². The minimum Gasteiger partial charge on any atom is -0.297 e. The quantitative estimate of drug-likeness (QED) is 0.617. The number of aldehydes is 1. The summed E-state index contributed by atoms with van der Waals surface area (Å²) in [7, 11) is 0. The second kappa shape index (κ2) is 2.18. The lowest BCUT2D eigenvalue weighted by Crippen LogP contribution is -1.93. The van der Waals surface area contributed by atoms with Crippen molar-refractivity contribution in [2.45, 2.75) is 25.2 Å². The van der Waals surface area contributed by atoms with Gasteiger partial charge in [0.25, 0.3) is 0 Å². The first-order valence-electron chi connectivity index (χ1n) is 3.80. The summed E-state index contributed by atoms with van der Waals surface area (Å²) in [6.07, 6.45) is 3.50. The molecule has 0 bridgehead atoms. The van der Waals surface area contributed by atoms with Crippen molar-refractivity contribution in [3.05, 3.63) is 21.9 Å². The zero-order valence-corrected chi connectivity index (χ0v) is 7.28. The third kappa shape index (κ3) is 1.11. The van der Waals surface area contributed by atoms with E-state index < -0.39 is 0 Å². The van der Waals surface area contributed by atoms with Gasteiger partial charge in [-0.05, 0) is 25.0 Å². The van der Waals surface area contributed by atoms with E-state index in [0.29, 0.717) is 5.41 Å². The van der Waals surface area contributed by atoms with Gasteiger partial charge in [-0.15, -0.1) is 11.3 Å². The Labute approximate surface area is 70.1 Å². The predicted molar refractivity (Wildman–Crippen MR) is 46.3 cm³/mol. The summed E-state index contributed by atoms with van der Waals surface area (Å²) in [6.45, 7) is 2.26. The summed E-state index contributed by atoms with van der Waals surface area (Å²) in [5, 5.41) is 0. The Morgan fingerprint density at radius 3 is 2.73 bits per heavy atom. The van der Waals surface area contributed by atoms with Crippen LogP contribution >= 0.6 is 11.3 Å². The maximum atomic E-state index is 10.4. The van der Waals surface area contributed by atoms with Crippen molar-refractivity contribution in [1.82, 2.24) is 0 Å². The van der Waals surface area contributed by atoms with Gasteiger partial charge in [-0.2, -0.15) is 0 Å². The molecule has 0 aromatic carbocycles. The molecule has 0 saturated heterocycles. The van der Waals surface area contributed by atoms with Crippen LogP contribution in [0.3, 0.4) is 0 Å². The smallest absolute Gasteiger partial charge is 0.160 e. The van der Waals surface area contributed by atoms with Crippen LogP contribution in [0.5, 0.6) is 0 Å². The highest BCUT2D eigenvalue weighted by molar-refractivity contribution is 7.13. The number of hydrogen-bond donors (Lipinski definition) is 0. The molecular formula is C9H10OS. The van der Waals surface area contributed by atoms with Crippen molar-refractivity contribution in [1.29, 1.82) is 0 Å². The molecular weight excluding hydrogens is 156 g/mol. The van der Waals surface area contributed by atoms with Gasteiger partial charge in [0.15, 0.2) is 6.29 Å². The zero-order valence-electron chi connectivity index (χ0n) is 6.46. The molecule has 1 aromatic rings. The summed E-state index contributed by atoms with van der Waals surface area (Å²) >= 11 is 1.63. The Balaban J connectivity index is 2.32. The average Bonchev–Trinajstić information content (AvgIpc) is 2.61. The van der Waals surface area contributed by atoms with Crippen LogP contribution in [0, 0.1) is 0 Å². The number of thiophene rings is 1. The molecule has 1 aliphatic rings. The fourth-order valence-electron chi connectivity index (χ4n) is 1.17. The summed E-state index contributed by atoms with van der Waals surface area (Å²) in [5.41, 5.74) is 0.423. The van der Waals surface area contributed by atoms with E-state index in [1.54, 1.807) is 11.3 Å². The Kier molecular flexibility index (Phi) is 1.39. The minimum absolute atomic E-state index is 0.423. The monoisotopic (exact) mass is 166 g/mol. The molecule has 1 fully saturated rings. The highest BCUT2D eigenvalue weighted by Crippen LogP contribution is 2.49. The Bertz CT molecular complexity index is 284. The minimum atomic E-state index is 0.423. The van der Waals surface area contributed by atoms with Crippen LogP contribution in [-0.4, -0.2) is 6.29 Å². The van der Waals surface area contributed by atoms with Crippen LogP contribution in [0.2, 0.25) is 0 Å². The maximum absolute atomic E-state index is 10.4. The normalized spacial score (nSPS) is 19.7. The van der Waals surface area contributed by atoms with Crippen molar-refractivity contribution in [3.63, 3.8) is 0 Å². The second-order valence-electron chi connectivity index (χ2n) is 3.38. The molecule has 0 radical (unpaired) electrons. The zero-order chi connectivity index (χ0) is 7.90. The van der Waals surface area contributed by atoms with E-state index in [1.165, 1.54) is 17.7 Å². The fraction of sp³-hybridized carbons (Fsp3) is 0.444. The SMILES string of the molecule is CC1(c2ccc(C=O)s2)CC1. The van der Waals surface area contributed by atoms with Crippen LogP contribution in [0.1, 0.15) is 34.3 Å². The van der Waals surface area contributed by atoms with Crippen LogP contribution in [0.15, 0.2) is 12.1 Å². The second-order valence-corrected chi connectivity index (χ2v) is 4.50. The molecule has 1 heterocycles. The van der Waals surface area contributed by atoms with Crippen LogP contribution in [0.4, 0.5) is 0 Å². The summed E-state index contributed by atoms with van der Waals surface area (Å²) in [4.78, 5) is 12.6. The lowest BCUT2D eigenvalue weighted by atomic mass is 10.1. The Morgan fingerprint density at radius 1 is 1.55 bits per heavy atom. The number of carbonyl (C=O) groups is 1. The highest BCUT2D eigenvalue weighted by Gasteiger charge is 2.40. The standard InChI is InChI=1S/C9H10OS/c1-9(4-5-9)8-3-2-7(6-10)11-8/h2-3,6H,4-5H2,1H3. The third-order valence-electron chi connectivity index (χ3n) is 2.34. The average molecular weight is 166 g/mol. The lowest BCUT2D eigenvalue weighted by Gasteiger charge is -2.01. The molecule has 0 amide bonds. The van der Waals surface area contributed by atoms with Crippen molar-refractivity contribution >= 4 is 17.6 Å². The summed E-state index contributed by atoms with van der Waals surface area (Å²) in [5.74, 6) is 0. The van der Waals surface area contributed by atoms with Crippen molar-refractivity contribution in [2.75, 3.05) is 0 Å². The van der Waals surface area contributed by atoms with E-state index in [-0.39, 0.29) is 0 Å².